The van der Waals surface area contributed by atoms with Gasteiger partial charge in [-0.2, -0.15) is 0 Å². The SMILES string of the molecule is Cc1c(C(F)F)csc1Cl. The molecule has 0 spiro atoms. The van der Waals surface area contributed by atoms with Gasteiger partial charge in [-0.25, -0.2) is 8.78 Å². The summed E-state index contributed by atoms with van der Waals surface area (Å²) in [6.07, 6.45) is -2.40. The Morgan fingerprint density at radius 2 is 2.20 bits per heavy atom. The molecule has 10 heavy (non-hydrogen) atoms. The fourth-order valence-electron chi connectivity index (χ4n) is 0.621. The lowest BCUT2D eigenvalue weighted by Gasteiger charge is -1.94. The van der Waals surface area contributed by atoms with Gasteiger partial charge in [0.1, 0.15) is 0 Å². The summed E-state index contributed by atoms with van der Waals surface area (Å²) < 4.78 is 24.4. The second-order valence-electron chi connectivity index (χ2n) is 1.89. The molecule has 1 aromatic rings. The van der Waals surface area contributed by atoms with Crippen molar-refractivity contribution in [2.45, 2.75) is 13.3 Å². The van der Waals surface area contributed by atoms with E-state index < -0.39 is 6.43 Å². The summed E-state index contributed by atoms with van der Waals surface area (Å²) in [6.45, 7) is 1.60. The van der Waals surface area contributed by atoms with Crippen molar-refractivity contribution in [2.75, 3.05) is 0 Å². The molecule has 1 heterocycles. The number of thiophene rings is 1. The maximum absolute atomic E-state index is 12.0. The summed E-state index contributed by atoms with van der Waals surface area (Å²) in [7, 11) is 0. The molecule has 0 radical (unpaired) electrons. The maximum Gasteiger partial charge on any atom is 0.264 e. The molecule has 56 valence electrons. The van der Waals surface area contributed by atoms with Crippen LogP contribution >= 0.6 is 22.9 Å². The molecule has 0 nitrogen and oxygen atoms in total. The third kappa shape index (κ3) is 1.30. The van der Waals surface area contributed by atoms with Gasteiger partial charge in [-0.1, -0.05) is 11.6 Å². The molecule has 1 rings (SSSR count). The summed E-state index contributed by atoms with van der Waals surface area (Å²) in [4.78, 5) is 0. The van der Waals surface area contributed by atoms with Gasteiger partial charge in [0.05, 0.1) is 4.34 Å². The van der Waals surface area contributed by atoms with E-state index in [2.05, 4.69) is 0 Å². The minimum atomic E-state index is -2.40. The molecule has 0 fully saturated rings. The smallest absolute Gasteiger partial charge is 0.205 e. The van der Waals surface area contributed by atoms with E-state index in [4.69, 9.17) is 11.6 Å². The highest BCUT2D eigenvalue weighted by molar-refractivity contribution is 7.14. The first kappa shape index (κ1) is 7.95. The van der Waals surface area contributed by atoms with Crippen molar-refractivity contribution < 1.29 is 8.78 Å². The molecule has 0 bridgehead atoms. The highest BCUT2D eigenvalue weighted by Gasteiger charge is 2.13. The molecule has 0 saturated heterocycles. The summed E-state index contributed by atoms with van der Waals surface area (Å²) >= 11 is 6.70. The average molecular weight is 183 g/mol. The monoisotopic (exact) mass is 182 g/mol. The van der Waals surface area contributed by atoms with Gasteiger partial charge in [0.2, 0.25) is 0 Å². The fourth-order valence-corrected chi connectivity index (χ4v) is 1.67. The van der Waals surface area contributed by atoms with E-state index in [9.17, 15) is 8.78 Å². The van der Waals surface area contributed by atoms with Gasteiger partial charge in [-0.05, 0) is 12.5 Å². The summed E-state index contributed by atoms with van der Waals surface area (Å²) in [5, 5.41) is 1.39. The minimum absolute atomic E-state index is 0.0509. The Morgan fingerprint density at radius 1 is 1.60 bits per heavy atom. The predicted octanol–water partition coefficient (Wildman–Crippen LogP) is 3.65. The topological polar surface area (TPSA) is 0 Å². The van der Waals surface area contributed by atoms with Crippen LogP contribution in [0.1, 0.15) is 17.6 Å². The molecule has 0 aromatic carbocycles. The first-order chi connectivity index (χ1) is 4.63. The maximum atomic E-state index is 12.0. The Hall–Kier alpha value is -0.150. The van der Waals surface area contributed by atoms with E-state index >= 15 is 0 Å². The molecule has 0 aliphatic heterocycles. The Labute approximate surface area is 66.4 Å². The molecular formula is C6H5ClF2S. The van der Waals surface area contributed by atoms with Gasteiger partial charge in [-0.3, -0.25) is 0 Å². The zero-order chi connectivity index (χ0) is 7.72. The molecule has 0 aliphatic rings. The first-order valence-corrected chi connectivity index (χ1v) is 3.90. The predicted molar refractivity (Wildman–Crippen MR) is 39.0 cm³/mol. The number of rotatable bonds is 1. The lowest BCUT2D eigenvalue weighted by atomic mass is 10.2. The van der Waals surface area contributed by atoms with Crippen LogP contribution in [0.25, 0.3) is 0 Å². The zero-order valence-corrected chi connectivity index (χ0v) is 6.77. The van der Waals surface area contributed by atoms with E-state index in [1.165, 1.54) is 5.38 Å². The highest BCUT2D eigenvalue weighted by atomic mass is 35.5. The largest absolute Gasteiger partial charge is 0.264 e. The molecule has 0 aliphatic carbocycles. The standard InChI is InChI=1S/C6H5ClF2S/c1-3-4(6(8)9)2-10-5(3)7/h2,6H,1H3. The van der Waals surface area contributed by atoms with Crippen LogP contribution in [0.5, 0.6) is 0 Å². The molecule has 0 N–H and O–H groups in total. The van der Waals surface area contributed by atoms with Gasteiger partial charge in [0.15, 0.2) is 0 Å². The molecular weight excluding hydrogens is 178 g/mol. The number of hydrogen-bond donors (Lipinski definition) is 0. The summed E-state index contributed by atoms with van der Waals surface area (Å²) in [5.41, 5.74) is 0.552. The van der Waals surface area contributed by atoms with Crippen LogP contribution in [0.15, 0.2) is 5.38 Å². The number of halogens is 3. The number of alkyl halides is 2. The van der Waals surface area contributed by atoms with Crippen molar-refractivity contribution in [1.82, 2.24) is 0 Å². The second-order valence-corrected chi connectivity index (χ2v) is 3.37. The normalized spacial score (nSPS) is 10.9. The van der Waals surface area contributed by atoms with E-state index in [0.29, 0.717) is 9.90 Å². The van der Waals surface area contributed by atoms with Gasteiger partial charge in [0, 0.05) is 10.9 Å². The lowest BCUT2D eigenvalue weighted by molar-refractivity contribution is 0.151. The first-order valence-electron chi connectivity index (χ1n) is 2.64. The quantitative estimate of drug-likeness (QED) is 0.622. The van der Waals surface area contributed by atoms with Crippen molar-refractivity contribution in [3.05, 3.63) is 20.8 Å². The van der Waals surface area contributed by atoms with Crippen LogP contribution in [-0.2, 0) is 0 Å². The van der Waals surface area contributed by atoms with Crippen molar-refractivity contribution in [3.63, 3.8) is 0 Å². The Bertz CT molecular complexity index is 232. The second kappa shape index (κ2) is 2.84. The van der Waals surface area contributed by atoms with Crippen molar-refractivity contribution >= 4 is 22.9 Å². The lowest BCUT2D eigenvalue weighted by Crippen LogP contribution is -1.81. The zero-order valence-electron chi connectivity index (χ0n) is 5.20. The van der Waals surface area contributed by atoms with Crippen molar-refractivity contribution in [3.8, 4) is 0 Å². The molecule has 4 heteroatoms. The van der Waals surface area contributed by atoms with E-state index in [0.717, 1.165) is 11.3 Å². The van der Waals surface area contributed by atoms with Crippen LogP contribution in [0, 0.1) is 6.92 Å². The van der Waals surface area contributed by atoms with Crippen LogP contribution in [0.2, 0.25) is 4.34 Å². The minimum Gasteiger partial charge on any atom is -0.205 e. The molecule has 0 amide bonds. The molecule has 1 aromatic heterocycles. The molecule has 0 saturated carbocycles. The third-order valence-corrected chi connectivity index (χ3v) is 2.69. The fraction of sp³-hybridized carbons (Fsp3) is 0.333. The Balaban J connectivity index is 3.05. The van der Waals surface area contributed by atoms with Crippen LogP contribution < -0.4 is 0 Å². The summed E-state index contributed by atoms with van der Waals surface area (Å²) in [5.74, 6) is 0. The Morgan fingerprint density at radius 3 is 2.40 bits per heavy atom. The van der Waals surface area contributed by atoms with Crippen molar-refractivity contribution in [1.29, 1.82) is 0 Å². The van der Waals surface area contributed by atoms with Crippen molar-refractivity contribution in [2.24, 2.45) is 0 Å². The molecule has 0 unspecified atom stereocenters. The third-order valence-electron chi connectivity index (χ3n) is 1.25. The van der Waals surface area contributed by atoms with Crippen LogP contribution in [-0.4, -0.2) is 0 Å². The highest BCUT2D eigenvalue weighted by Crippen LogP contribution is 2.32. The van der Waals surface area contributed by atoms with Gasteiger partial charge >= 0.3 is 0 Å². The van der Waals surface area contributed by atoms with E-state index in [1.807, 2.05) is 0 Å². The Kier molecular flexibility index (Phi) is 2.26. The van der Waals surface area contributed by atoms with E-state index in [1.54, 1.807) is 6.92 Å². The van der Waals surface area contributed by atoms with Crippen LogP contribution in [0.4, 0.5) is 8.78 Å². The average Bonchev–Trinajstić information content (AvgIpc) is 2.14. The van der Waals surface area contributed by atoms with Crippen LogP contribution in [0.3, 0.4) is 0 Å². The van der Waals surface area contributed by atoms with Gasteiger partial charge in [-0.15, -0.1) is 11.3 Å². The molecule has 0 atom stereocenters. The van der Waals surface area contributed by atoms with Gasteiger partial charge in [0.25, 0.3) is 6.43 Å². The summed E-state index contributed by atoms with van der Waals surface area (Å²) in [6, 6.07) is 0. The van der Waals surface area contributed by atoms with E-state index in [-0.39, 0.29) is 5.56 Å². The number of hydrogen-bond acceptors (Lipinski definition) is 1. The van der Waals surface area contributed by atoms with Gasteiger partial charge < -0.3 is 0 Å².